The molecule has 1 aromatic rings. The summed E-state index contributed by atoms with van der Waals surface area (Å²) >= 11 is 4.26. The fraction of sp³-hybridized carbons (Fsp3) is 0.600. The molecule has 1 nitrogen and oxygen atoms in total. The molecule has 0 radical (unpaired) electrons. The Bertz CT molecular complexity index is 366. The highest BCUT2D eigenvalue weighted by atomic mass is 32.1. The average molecular weight is 252 g/mol. The lowest BCUT2D eigenvalue weighted by Gasteiger charge is -2.21. The van der Waals surface area contributed by atoms with E-state index in [1.165, 1.54) is 11.1 Å². The number of hydrogen-bond acceptors (Lipinski definition) is 2. The molecule has 0 N–H and O–H groups in total. The number of thiol groups is 1. The lowest BCUT2D eigenvalue weighted by atomic mass is 9.86. The largest absolute Gasteiger partial charge is 0.493 e. The van der Waals surface area contributed by atoms with E-state index in [1.807, 2.05) is 0 Å². The normalized spacial score (nSPS) is 13.5. The Kier molecular flexibility index (Phi) is 4.93. The summed E-state index contributed by atoms with van der Waals surface area (Å²) in [6.07, 6.45) is 0. The second-order valence-corrected chi connectivity index (χ2v) is 6.19. The SMILES string of the molecule is Cc1cc(C(C)(C)C)ccc1OCC(C)CS. The van der Waals surface area contributed by atoms with Gasteiger partial charge >= 0.3 is 0 Å². The topological polar surface area (TPSA) is 9.23 Å². The third kappa shape index (κ3) is 4.27. The fourth-order valence-corrected chi connectivity index (χ4v) is 1.67. The van der Waals surface area contributed by atoms with E-state index in [0.29, 0.717) is 5.92 Å². The van der Waals surface area contributed by atoms with Crippen LogP contribution in [0.2, 0.25) is 0 Å². The molecule has 1 unspecified atom stereocenters. The molecule has 0 aliphatic heterocycles. The summed E-state index contributed by atoms with van der Waals surface area (Å²) in [5.41, 5.74) is 2.76. The summed E-state index contributed by atoms with van der Waals surface area (Å²) in [5, 5.41) is 0. The van der Waals surface area contributed by atoms with E-state index in [4.69, 9.17) is 4.74 Å². The van der Waals surface area contributed by atoms with Gasteiger partial charge in [0.05, 0.1) is 6.61 Å². The molecule has 1 atom stereocenters. The Morgan fingerprint density at radius 3 is 2.41 bits per heavy atom. The van der Waals surface area contributed by atoms with Gasteiger partial charge < -0.3 is 4.74 Å². The lowest BCUT2D eigenvalue weighted by molar-refractivity contribution is 0.272. The average Bonchev–Trinajstić information content (AvgIpc) is 2.25. The van der Waals surface area contributed by atoms with E-state index >= 15 is 0 Å². The summed E-state index contributed by atoms with van der Waals surface area (Å²) in [6.45, 7) is 11.7. The predicted molar refractivity (Wildman–Crippen MR) is 78.4 cm³/mol. The summed E-state index contributed by atoms with van der Waals surface area (Å²) < 4.78 is 5.81. The van der Waals surface area contributed by atoms with Crippen molar-refractivity contribution in [1.82, 2.24) is 0 Å². The predicted octanol–water partition coefficient (Wildman–Crippen LogP) is 4.24. The summed E-state index contributed by atoms with van der Waals surface area (Å²) in [7, 11) is 0. The number of benzene rings is 1. The van der Waals surface area contributed by atoms with E-state index < -0.39 is 0 Å². The van der Waals surface area contributed by atoms with Gasteiger partial charge in [0.25, 0.3) is 0 Å². The first-order valence-electron chi connectivity index (χ1n) is 6.19. The molecular formula is C15H24OS. The molecule has 96 valence electrons. The Morgan fingerprint density at radius 1 is 1.29 bits per heavy atom. The number of hydrogen-bond donors (Lipinski definition) is 1. The van der Waals surface area contributed by atoms with Crippen molar-refractivity contribution < 1.29 is 4.74 Å². The number of rotatable bonds is 4. The molecule has 0 aliphatic carbocycles. The molecular weight excluding hydrogens is 228 g/mol. The molecule has 0 aromatic heterocycles. The molecule has 0 bridgehead atoms. The first-order valence-corrected chi connectivity index (χ1v) is 6.82. The van der Waals surface area contributed by atoms with Crippen LogP contribution in [0.4, 0.5) is 0 Å². The minimum absolute atomic E-state index is 0.196. The van der Waals surface area contributed by atoms with Crippen LogP contribution in [0.15, 0.2) is 18.2 Å². The van der Waals surface area contributed by atoms with Gasteiger partial charge in [-0.3, -0.25) is 0 Å². The lowest BCUT2D eigenvalue weighted by Crippen LogP contribution is -2.13. The molecule has 1 rings (SSSR count). The molecule has 17 heavy (non-hydrogen) atoms. The van der Waals surface area contributed by atoms with Crippen LogP contribution >= 0.6 is 12.6 Å². The van der Waals surface area contributed by atoms with E-state index in [0.717, 1.165) is 18.1 Å². The molecule has 0 aliphatic rings. The zero-order chi connectivity index (χ0) is 13.1. The van der Waals surface area contributed by atoms with E-state index in [9.17, 15) is 0 Å². The molecule has 2 heteroatoms. The van der Waals surface area contributed by atoms with Gasteiger partial charge in [0.15, 0.2) is 0 Å². The van der Waals surface area contributed by atoms with Gasteiger partial charge in [0.1, 0.15) is 5.75 Å². The van der Waals surface area contributed by atoms with Gasteiger partial charge in [0.2, 0.25) is 0 Å². The molecule has 0 saturated heterocycles. The van der Waals surface area contributed by atoms with Gasteiger partial charge in [0, 0.05) is 0 Å². The Morgan fingerprint density at radius 2 is 1.94 bits per heavy atom. The molecule has 0 amide bonds. The Hall–Kier alpha value is -0.630. The van der Waals surface area contributed by atoms with Crippen molar-refractivity contribution in [2.75, 3.05) is 12.4 Å². The minimum Gasteiger partial charge on any atom is -0.493 e. The molecule has 0 fully saturated rings. The van der Waals surface area contributed by atoms with Crippen molar-refractivity contribution in [2.24, 2.45) is 5.92 Å². The molecule has 0 heterocycles. The van der Waals surface area contributed by atoms with Crippen molar-refractivity contribution in [3.05, 3.63) is 29.3 Å². The smallest absolute Gasteiger partial charge is 0.122 e. The second kappa shape index (κ2) is 5.81. The van der Waals surface area contributed by atoms with Gasteiger partial charge in [-0.15, -0.1) is 0 Å². The first kappa shape index (κ1) is 14.4. The van der Waals surface area contributed by atoms with Crippen molar-refractivity contribution in [3.8, 4) is 5.75 Å². The van der Waals surface area contributed by atoms with Crippen molar-refractivity contribution >= 4 is 12.6 Å². The monoisotopic (exact) mass is 252 g/mol. The van der Waals surface area contributed by atoms with Crippen LogP contribution in [-0.4, -0.2) is 12.4 Å². The minimum atomic E-state index is 0.196. The molecule has 0 spiro atoms. The van der Waals surface area contributed by atoms with Gasteiger partial charge in [-0.25, -0.2) is 0 Å². The highest BCUT2D eigenvalue weighted by Crippen LogP contribution is 2.27. The van der Waals surface area contributed by atoms with Crippen LogP contribution in [0.3, 0.4) is 0 Å². The highest BCUT2D eigenvalue weighted by Gasteiger charge is 2.14. The maximum atomic E-state index is 5.81. The quantitative estimate of drug-likeness (QED) is 0.789. The van der Waals surface area contributed by atoms with Gasteiger partial charge in [-0.05, 0) is 41.2 Å². The van der Waals surface area contributed by atoms with Crippen molar-refractivity contribution in [3.63, 3.8) is 0 Å². The van der Waals surface area contributed by atoms with Crippen LogP contribution in [0.1, 0.15) is 38.8 Å². The van der Waals surface area contributed by atoms with E-state index in [2.05, 4.69) is 65.4 Å². The van der Waals surface area contributed by atoms with Crippen molar-refractivity contribution in [2.45, 2.75) is 40.0 Å². The third-order valence-corrected chi connectivity index (χ3v) is 3.50. The second-order valence-electron chi connectivity index (χ2n) is 5.83. The Labute approximate surface area is 111 Å². The van der Waals surface area contributed by atoms with Crippen LogP contribution < -0.4 is 4.74 Å². The standard InChI is InChI=1S/C15H24OS/c1-11(10-17)9-16-14-7-6-13(8-12(14)2)15(3,4)5/h6-8,11,17H,9-10H2,1-5H3. The first-order chi connectivity index (χ1) is 7.84. The van der Waals surface area contributed by atoms with Crippen LogP contribution in [0, 0.1) is 12.8 Å². The zero-order valence-electron chi connectivity index (χ0n) is 11.6. The third-order valence-electron chi connectivity index (χ3n) is 2.88. The molecule has 0 saturated carbocycles. The maximum absolute atomic E-state index is 5.81. The highest BCUT2D eigenvalue weighted by molar-refractivity contribution is 7.80. The van der Waals surface area contributed by atoms with E-state index in [1.54, 1.807) is 0 Å². The van der Waals surface area contributed by atoms with Crippen LogP contribution in [0.5, 0.6) is 5.75 Å². The van der Waals surface area contributed by atoms with Crippen molar-refractivity contribution in [1.29, 1.82) is 0 Å². The number of aryl methyl sites for hydroxylation is 1. The van der Waals surface area contributed by atoms with E-state index in [-0.39, 0.29) is 5.41 Å². The summed E-state index contributed by atoms with van der Waals surface area (Å²) in [5.74, 6) is 2.34. The molecule has 1 aromatic carbocycles. The van der Waals surface area contributed by atoms with Gasteiger partial charge in [-0.1, -0.05) is 39.8 Å². The summed E-state index contributed by atoms with van der Waals surface area (Å²) in [6, 6.07) is 6.47. The fourth-order valence-electron chi connectivity index (χ4n) is 1.56. The summed E-state index contributed by atoms with van der Waals surface area (Å²) in [4.78, 5) is 0. The van der Waals surface area contributed by atoms with Gasteiger partial charge in [-0.2, -0.15) is 12.6 Å². The Balaban J connectivity index is 2.77. The number of ether oxygens (including phenoxy) is 1. The zero-order valence-corrected chi connectivity index (χ0v) is 12.5. The van der Waals surface area contributed by atoms with Crippen LogP contribution in [-0.2, 0) is 5.41 Å². The maximum Gasteiger partial charge on any atom is 0.122 e. The van der Waals surface area contributed by atoms with Crippen LogP contribution in [0.25, 0.3) is 0 Å².